The monoisotopic (exact) mass is 298 g/mol. The molecule has 5 heteroatoms. The molecule has 0 spiro atoms. The highest BCUT2D eigenvalue weighted by Crippen LogP contribution is 2.16. The average Bonchev–Trinajstić information content (AvgIpc) is 2.52. The van der Waals surface area contributed by atoms with Crippen LogP contribution in [0, 0.1) is 0 Å². The van der Waals surface area contributed by atoms with Crippen LogP contribution in [0.1, 0.15) is 16.8 Å². The summed E-state index contributed by atoms with van der Waals surface area (Å²) in [7, 11) is 4.05. The lowest BCUT2D eigenvalue weighted by Crippen LogP contribution is -2.27. The fraction of sp³-hybridized carbons (Fsp3) is 0.294. The summed E-state index contributed by atoms with van der Waals surface area (Å²) in [4.78, 5) is 18.3. The van der Waals surface area contributed by atoms with E-state index in [4.69, 9.17) is 0 Å². The second-order valence-corrected chi connectivity index (χ2v) is 5.36. The molecule has 0 aliphatic rings. The van der Waals surface area contributed by atoms with Crippen LogP contribution in [0.5, 0.6) is 0 Å². The van der Waals surface area contributed by atoms with Gasteiger partial charge in [-0.25, -0.2) is 0 Å². The Kier molecular flexibility index (Phi) is 5.91. The van der Waals surface area contributed by atoms with E-state index in [1.54, 1.807) is 12.4 Å². The Morgan fingerprint density at radius 2 is 2.00 bits per heavy atom. The zero-order valence-electron chi connectivity index (χ0n) is 13.0. The minimum atomic E-state index is -0.0476. The van der Waals surface area contributed by atoms with Crippen molar-refractivity contribution >= 4 is 17.3 Å². The number of nitrogens with one attached hydrogen (secondary N) is 2. The van der Waals surface area contributed by atoms with Crippen LogP contribution in [0.4, 0.5) is 11.4 Å². The van der Waals surface area contributed by atoms with Gasteiger partial charge in [0, 0.05) is 24.0 Å². The Labute approximate surface area is 131 Å². The van der Waals surface area contributed by atoms with Gasteiger partial charge in [0.25, 0.3) is 5.91 Å². The number of pyridine rings is 1. The maximum absolute atomic E-state index is 12.1. The molecule has 1 aromatic carbocycles. The van der Waals surface area contributed by atoms with Crippen molar-refractivity contribution in [3.63, 3.8) is 0 Å². The number of carbonyl (C=O) groups excluding carboxylic acids is 1. The first-order valence-electron chi connectivity index (χ1n) is 7.35. The fourth-order valence-electron chi connectivity index (χ4n) is 2.04. The molecule has 2 aromatic rings. The van der Waals surface area contributed by atoms with Crippen LogP contribution < -0.4 is 10.6 Å². The van der Waals surface area contributed by atoms with Crippen molar-refractivity contribution in [2.24, 2.45) is 0 Å². The summed E-state index contributed by atoms with van der Waals surface area (Å²) in [6.45, 7) is 1.64. The van der Waals surface area contributed by atoms with Crippen LogP contribution in [0.3, 0.4) is 0 Å². The summed E-state index contributed by atoms with van der Waals surface area (Å²) in [5.74, 6) is -0.0476. The minimum absolute atomic E-state index is 0.0476. The van der Waals surface area contributed by atoms with E-state index in [-0.39, 0.29) is 5.91 Å². The van der Waals surface area contributed by atoms with Crippen molar-refractivity contribution in [2.45, 2.75) is 6.42 Å². The third kappa shape index (κ3) is 5.18. The molecule has 0 aliphatic carbocycles. The van der Waals surface area contributed by atoms with E-state index in [1.807, 2.05) is 50.5 Å². The molecule has 0 bridgehead atoms. The van der Waals surface area contributed by atoms with Crippen molar-refractivity contribution in [3.8, 4) is 0 Å². The first-order chi connectivity index (χ1) is 10.6. The number of aromatic nitrogens is 1. The molecule has 0 saturated carbocycles. The number of rotatable bonds is 7. The Balaban J connectivity index is 1.91. The molecule has 116 valence electrons. The van der Waals surface area contributed by atoms with Crippen molar-refractivity contribution in [1.29, 1.82) is 0 Å². The molecule has 2 N–H and O–H groups in total. The van der Waals surface area contributed by atoms with Gasteiger partial charge in [-0.05, 0) is 57.4 Å². The summed E-state index contributed by atoms with van der Waals surface area (Å²) in [5.41, 5.74) is 2.42. The predicted molar refractivity (Wildman–Crippen MR) is 89.5 cm³/mol. The van der Waals surface area contributed by atoms with Gasteiger partial charge in [-0.1, -0.05) is 6.07 Å². The third-order valence-electron chi connectivity index (χ3n) is 3.14. The normalized spacial score (nSPS) is 10.5. The summed E-state index contributed by atoms with van der Waals surface area (Å²) in [5, 5.41) is 6.17. The maximum atomic E-state index is 12.1. The zero-order chi connectivity index (χ0) is 15.8. The van der Waals surface area contributed by atoms with Crippen LogP contribution in [0.15, 0.2) is 48.8 Å². The molecule has 5 nitrogen and oxygen atoms in total. The molecule has 0 atom stereocenters. The van der Waals surface area contributed by atoms with Gasteiger partial charge in [-0.15, -0.1) is 0 Å². The highest BCUT2D eigenvalue weighted by atomic mass is 16.1. The molecule has 0 radical (unpaired) electrons. The first kappa shape index (κ1) is 16.0. The number of anilines is 2. The molecule has 0 unspecified atom stereocenters. The second kappa shape index (κ2) is 8.14. The summed E-state index contributed by atoms with van der Waals surface area (Å²) in [6.07, 6.45) is 4.41. The van der Waals surface area contributed by atoms with E-state index < -0.39 is 0 Å². The number of carbonyl (C=O) groups is 1. The van der Waals surface area contributed by atoms with Crippen molar-refractivity contribution in [3.05, 3.63) is 54.4 Å². The zero-order valence-corrected chi connectivity index (χ0v) is 13.0. The predicted octanol–water partition coefficient (Wildman–Crippen LogP) is 2.51. The van der Waals surface area contributed by atoms with Crippen molar-refractivity contribution < 1.29 is 4.79 Å². The number of hydrogen-bond acceptors (Lipinski definition) is 4. The SMILES string of the molecule is CN(C)CCCNC(=O)c1cccc(Nc2cccnc2)c1. The molecular formula is C17H22N4O. The Bertz CT molecular complexity index is 599. The van der Waals surface area contributed by atoms with Gasteiger partial charge in [0.05, 0.1) is 11.9 Å². The topological polar surface area (TPSA) is 57.3 Å². The van der Waals surface area contributed by atoms with Crippen LogP contribution >= 0.6 is 0 Å². The first-order valence-corrected chi connectivity index (χ1v) is 7.35. The van der Waals surface area contributed by atoms with Crippen molar-refractivity contribution in [2.75, 3.05) is 32.5 Å². The number of benzene rings is 1. The van der Waals surface area contributed by atoms with Crippen LogP contribution in [0.2, 0.25) is 0 Å². The van der Waals surface area contributed by atoms with Gasteiger partial charge in [0.15, 0.2) is 0 Å². The second-order valence-electron chi connectivity index (χ2n) is 5.36. The molecule has 22 heavy (non-hydrogen) atoms. The maximum Gasteiger partial charge on any atom is 0.251 e. The van der Waals surface area contributed by atoms with E-state index in [2.05, 4.69) is 20.5 Å². The van der Waals surface area contributed by atoms with E-state index >= 15 is 0 Å². The fourth-order valence-corrected chi connectivity index (χ4v) is 2.04. The average molecular weight is 298 g/mol. The highest BCUT2D eigenvalue weighted by Gasteiger charge is 2.06. The number of hydrogen-bond donors (Lipinski definition) is 2. The van der Waals surface area contributed by atoms with E-state index in [0.29, 0.717) is 12.1 Å². The van der Waals surface area contributed by atoms with Gasteiger partial charge in [-0.2, -0.15) is 0 Å². The third-order valence-corrected chi connectivity index (χ3v) is 3.14. The van der Waals surface area contributed by atoms with Crippen LogP contribution in [-0.2, 0) is 0 Å². The number of nitrogens with zero attached hydrogens (tertiary/aromatic N) is 2. The lowest BCUT2D eigenvalue weighted by molar-refractivity contribution is 0.0952. The van der Waals surface area contributed by atoms with Gasteiger partial charge in [0.2, 0.25) is 0 Å². The summed E-state index contributed by atoms with van der Waals surface area (Å²) in [6, 6.07) is 11.2. The molecular weight excluding hydrogens is 276 g/mol. The molecule has 0 fully saturated rings. The summed E-state index contributed by atoms with van der Waals surface area (Å²) >= 11 is 0. The molecule has 2 rings (SSSR count). The van der Waals surface area contributed by atoms with Gasteiger partial charge >= 0.3 is 0 Å². The van der Waals surface area contributed by atoms with Crippen molar-refractivity contribution in [1.82, 2.24) is 15.2 Å². The smallest absolute Gasteiger partial charge is 0.251 e. The lowest BCUT2D eigenvalue weighted by Gasteiger charge is -2.11. The van der Waals surface area contributed by atoms with Gasteiger partial charge < -0.3 is 15.5 Å². The highest BCUT2D eigenvalue weighted by molar-refractivity contribution is 5.95. The van der Waals surface area contributed by atoms with E-state index in [0.717, 1.165) is 24.3 Å². The molecule has 1 heterocycles. The van der Waals surface area contributed by atoms with Gasteiger partial charge in [0.1, 0.15) is 0 Å². The van der Waals surface area contributed by atoms with Gasteiger partial charge in [-0.3, -0.25) is 9.78 Å². The van der Waals surface area contributed by atoms with E-state index in [1.165, 1.54) is 0 Å². The number of amides is 1. The largest absolute Gasteiger partial charge is 0.354 e. The molecule has 0 aliphatic heterocycles. The molecule has 1 aromatic heterocycles. The Morgan fingerprint density at radius 3 is 2.73 bits per heavy atom. The summed E-state index contributed by atoms with van der Waals surface area (Å²) < 4.78 is 0. The minimum Gasteiger partial charge on any atom is -0.354 e. The lowest BCUT2D eigenvalue weighted by atomic mass is 10.2. The quantitative estimate of drug-likeness (QED) is 0.771. The standard InChI is InChI=1S/C17H22N4O/c1-21(2)11-5-10-19-17(22)14-6-3-7-15(12-14)20-16-8-4-9-18-13-16/h3-4,6-9,12-13,20H,5,10-11H2,1-2H3,(H,19,22). The Hall–Kier alpha value is -2.40. The molecule has 0 saturated heterocycles. The Morgan fingerprint density at radius 1 is 1.18 bits per heavy atom. The molecule has 1 amide bonds. The van der Waals surface area contributed by atoms with Crippen LogP contribution in [0.25, 0.3) is 0 Å². The van der Waals surface area contributed by atoms with E-state index in [9.17, 15) is 4.79 Å². The van der Waals surface area contributed by atoms with Crippen LogP contribution in [-0.4, -0.2) is 43.0 Å².